The Labute approximate surface area is 349 Å². The van der Waals surface area contributed by atoms with Crippen LogP contribution in [0.1, 0.15) is 25.0 Å². The highest BCUT2D eigenvalue weighted by molar-refractivity contribution is 9.10. The maximum absolute atomic E-state index is 5.07. The van der Waals surface area contributed by atoms with Crippen LogP contribution in [0.15, 0.2) is 180 Å². The first-order chi connectivity index (χ1) is 28.9. The van der Waals surface area contributed by atoms with Gasteiger partial charge in [-0.1, -0.05) is 151 Å². The van der Waals surface area contributed by atoms with E-state index in [1.165, 1.54) is 70.9 Å². The molecule has 0 N–H and O–H groups in total. The summed E-state index contributed by atoms with van der Waals surface area (Å²) in [4.78, 5) is 15.1. The van der Waals surface area contributed by atoms with Gasteiger partial charge in [0.15, 0.2) is 17.5 Å². The van der Waals surface area contributed by atoms with Crippen molar-refractivity contribution < 1.29 is 0 Å². The Hall–Kier alpha value is -6.95. The molecule has 59 heavy (non-hydrogen) atoms. The van der Waals surface area contributed by atoms with Crippen molar-refractivity contribution in [2.75, 3.05) is 0 Å². The molecular formula is C54H35BrN4. The summed E-state index contributed by atoms with van der Waals surface area (Å²) in [6, 6.07) is 63.1. The fourth-order valence-electron chi connectivity index (χ4n) is 9.61. The molecule has 0 fully saturated rings. The van der Waals surface area contributed by atoms with Gasteiger partial charge in [0.1, 0.15) is 0 Å². The second-order valence-electron chi connectivity index (χ2n) is 16.2. The minimum Gasteiger partial charge on any atom is -0.309 e. The minimum atomic E-state index is -0.226. The van der Waals surface area contributed by atoms with E-state index in [4.69, 9.17) is 15.0 Å². The van der Waals surface area contributed by atoms with Crippen molar-refractivity contribution in [1.29, 1.82) is 0 Å². The zero-order valence-electron chi connectivity index (χ0n) is 32.4. The van der Waals surface area contributed by atoms with Crippen LogP contribution in [0.3, 0.4) is 0 Å². The van der Waals surface area contributed by atoms with E-state index in [-0.39, 0.29) is 5.41 Å². The lowest BCUT2D eigenvalue weighted by Crippen LogP contribution is -2.15. The predicted octanol–water partition coefficient (Wildman–Crippen LogP) is 14.5. The van der Waals surface area contributed by atoms with Crippen LogP contribution in [0.2, 0.25) is 0 Å². The Morgan fingerprint density at radius 1 is 0.390 bits per heavy atom. The second-order valence-corrected chi connectivity index (χ2v) is 17.1. The van der Waals surface area contributed by atoms with Crippen LogP contribution < -0.4 is 0 Å². The molecule has 0 spiro atoms. The van der Waals surface area contributed by atoms with Crippen molar-refractivity contribution in [3.63, 3.8) is 0 Å². The van der Waals surface area contributed by atoms with Gasteiger partial charge in [-0.05, 0) is 109 Å². The van der Waals surface area contributed by atoms with Gasteiger partial charge in [0.05, 0.1) is 11.0 Å². The molecule has 0 radical (unpaired) electrons. The monoisotopic (exact) mass is 818 g/mol. The topological polar surface area (TPSA) is 43.6 Å². The Morgan fingerprint density at radius 2 is 0.864 bits per heavy atom. The zero-order chi connectivity index (χ0) is 39.4. The van der Waals surface area contributed by atoms with Crippen LogP contribution in [0, 0.1) is 0 Å². The first-order valence-corrected chi connectivity index (χ1v) is 20.8. The molecular weight excluding hydrogens is 785 g/mol. The Morgan fingerprint density at radius 3 is 1.47 bits per heavy atom. The maximum atomic E-state index is 5.07. The molecule has 2 heterocycles. The molecule has 5 heteroatoms. The molecule has 0 saturated carbocycles. The first-order valence-electron chi connectivity index (χ1n) is 20.0. The zero-order valence-corrected chi connectivity index (χ0v) is 34.0. The highest BCUT2D eigenvalue weighted by Gasteiger charge is 2.37. The van der Waals surface area contributed by atoms with Gasteiger partial charge in [-0.25, -0.2) is 15.0 Å². The molecule has 0 atom stereocenters. The van der Waals surface area contributed by atoms with Gasteiger partial charge in [-0.2, -0.15) is 0 Å². The lowest BCUT2D eigenvalue weighted by atomic mass is 9.81. The summed E-state index contributed by atoms with van der Waals surface area (Å²) in [5, 5.41) is 10.2. The number of hydrogen-bond donors (Lipinski definition) is 0. The van der Waals surface area contributed by atoms with Crippen LogP contribution in [-0.4, -0.2) is 19.5 Å². The summed E-state index contributed by atoms with van der Waals surface area (Å²) < 4.78 is 3.46. The van der Waals surface area contributed by atoms with Crippen LogP contribution in [0.4, 0.5) is 0 Å². The Bertz CT molecular complexity index is 3470. The number of nitrogens with zero attached hydrogens (tertiary/aromatic N) is 4. The summed E-state index contributed by atoms with van der Waals surface area (Å²) in [7, 11) is 0. The van der Waals surface area contributed by atoms with Gasteiger partial charge in [0, 0.05) is 43.0 Å². The highest BCUT2D eigenvalue weighted by Crippen LogP contribution is 2.53. The normalized spacial score (nSPS) is 13.1. The molecule has 2 aromatic heterocycles. The Balaban J connectivity index is 1.08. The summed E-state index contributed by atoms with van der Waals surface area (Å²) >= 11 is 3.82. The molecule has 0 amide bonds. The highest BCUT2D eigenvalue weighted by atomic mass is 79.9. The number of halogens is 1. The number of fused-ring (bicyclic) bond motifs is 12. The molecule has 0 saturated heterocycles. The van der Waals surface area contributed by atoms with E-state index in [1.807, 2.05) is 60.7 Å². The molecule has 278 valence electrons. The minimum absolute atomic E-state index is 0.226. The standard InChI is InChI=1S/C54H35BrN4/c1-54(2)47-30-42-40-23-12-10-21-38(40)37-20-9-11-22-39(37)41(42)28-43(47)44-29-46-45-27-35(55)24-25-49(45)59(50(46)31-48(44)54)36-19-13-18-34(26-36)53-57-51(32-14-5-3-6-15-32)56-52(58-53)33-16-7-4-8-17-33/h3-31H,1-2H3. The quantitative estimate of drug-likeness (QED) is 0.166. The van der Waals surface area contributed by atoms with Crippen LogP contribution in [0.25, 0.3) is 105 Å². The van der Waals surface area contributed by atoms with Crippen molar-refractivity contribution in [1.82, 2.24) is 19.5 Å². The molecule has 4 nitrogen and oxygen atoms in total. The van der Waals surface area contributed by atoms with E-state index < -0.39 is 0 Å². The molecule has 0 aliphatic heterocycles. The van der Waals surface area contributed by atoms with Gasteiger partial charge in [0.2, 0.25) is 0 Å². The van der Waals surface area contributed by atoms with Gasteiger partial charge in [0.25, 0.3) is 0 Å². The molecule has 11 aromatic rings. The van der Waals surface area contributed by atoms with E-state index >= 15 is 0 Å². The molecule has 0 unspecified atom stereocenters. The molecule has 1 aliphatic carbocycles. The molecule has 12 rings (SSSR count). The van der Waals surface area contributed by atoms with E-state index in [0.717, 1.165) is 32.4 Å². The van der Waals surface area contributed by atoms with Crippen molar-refractivity contribution in [3.8, 4) is 51.0 Å². The Kier molecular flexibility index (Phi) is 7.39. The van der Waals surface area contributed by atoms with E-state index in [0.29, 0.717) is 17.5 Å². The summed E-state index contributed by atoms with van der Waals surface area (Å²) in [5.41, 5.74) is 11.3. The third kappa shape index (κ3) is 5.18. The number of rotatable bonds is 4. The van der Waals surface area contributed by atoms with Crippen LogP contribution >= 0.6 is 15.9 Å². The first kappa shape index (κ1) is 34.1. The average Bonchev–Trinajstić information content (AvgIpc) is 3.72. The average molecular weight is 820 g/mol. The summed E-state index contributed by atoms with van der Waals surface area (Å²) in [5.74, 6) is 1.92. The van der Waals surface area contributed by atoms with Crippen molar-refractivity contribution in [2.24, 2.45) is 0 Å². The number of hydrogen-bond acceptors (Lipinski definition) is 3. The van der Waals surface area contributed by atoms with E-state index in [9.17, 15) is 0 Å². The van der Waals surface area contributed by atoms with Gasteiger partial charge >= 0.3 is 0 Å². The van der Waals surface area contributed by atoms with E-state index in [2.05, 4.69) is 150 Å². The van der Waals surface area contributed by atoms with Gasteiger partial charge in [-0.3, -0.25) is 0 Å². The summed E-state index contributed by atoms with van der Waals surface area (Å²) in [6.07, 6.45) is 0. The van der Waals surface area contributed by atoms with Gasteiger partial charge in [-0.15, -0.1) is 0 Å². The third-order valence-corrected chi connectivity index (χ3v) is 12.9. The number of benzene rings is 9. The van der Waals surface area contributed by atoms with Crippen LogP contribution in [-0.2, 0) is 5.41 Å². The van der Waals surface area contributed by atoms with E-state index in [1.54, 1.807) is 0 Å². The smallest absolute Gasteiger partial charge is 0.164 e. The molecule has 1 aliphatic rings. The predicted molar refractivity (Wildman–Crippen MR) is 248 cm³/mol. The maximum Gasteiger partial charge on any atom is 0.164 e. The molecule has 0 bridgehead atoms. The molecule has 9 aromatic carbocycles. The fourth-order valence-corrected chi connectivity index (χ4v) is 9.97. The fraction of sp³-hybridized carbons (Fsp3) is 0.0556. The lowest BCUT2D eigenvalue weighted by molar-refractivity contribution is 0.662. The lowest BCUT2D eigenvalue weighted by Gasteiger charge is -2.23. The van der Waals surface area contributed by atoms with Gasteiger partial charge < -0.3 is 4.57 Å². The van der Waals surface area contributed by atoms with Crippen molar-refractivity contribution >= 4 is 70.1 Å². The van der Waals surface area contributed by atoms with Crippen molar-refractivity contribution in [3.05, 3.63) is 192 Å². The number of aromatic nitrogens is 4. The third-order valence-electron chi connectivity index (χ3n) is 12.4. The summed E-state index contributed by atoms with van der Waals surface area (Å²) in [6.45, 7) is 4.77. The largest absolute Gasteiger partial charge is 0.309 e. The van der Waals surface area contributed by atoms with Crippen molar-refractivity contribution in [2.45, 2.75) is 19.3 Å². The van der Waals surface area contributed by atoms with Crippen LogP contribution in [0.5, 0.6) is 0 Å². The second kappa shape index (κ2) is 12.8. The SMILES string of the molecule is CC1(C)c2cc3c4ccccc4c4ccccc4c3cc2-c2cc3c4cc(Br)ccc4n(-c4cccc(-c5nc(-c6ccccc6)nc(-c6ccccc6)n5)c4)c3cc21.